The van der Waals surface area contributed by atoms with Crippen molar-refractivity contribution in [3.63, 3.8) is 0 Å². The monoisotopic (exact) mass is 234 g/mol. The highest BCUT2D eigenvalue weighted by Gasteiger charge is 2.18. The van der Waals surface area contributed by atoms with Crippen molar-refractivity contribution in [2.45, 2.75) is 12.1 Å². The van der Waals surface area contributed by atoms with Crippen LogP contribution in [0.2, 0.25) is 0 Å². The minimum absolute atomic E-state index is 0.161. The summed E-state index contributed by atoms with van der Waals surface area (Å²) in [5.74, 6) is 0. The van der Waals surface area contributed by atoms with E-state index in [0.29, 0.717) is 0 Å². The first-order valence-electron chi connectivity index (χ1n) is 5.63. The average molecular weight is 234 g/mol. The van der Waals surface area contributed by atoms with Gasteiger partial charge in [-0.3, -0.25) is 0 Å². The van der Waals surface area contributed by atoms with Gasteiger partial charge in [0.1, 0.15) is 0 Å². The molecule has 0 radical (unpaired) electrons. The van der Waals surface area contributed by atoms with Gasteiger partial charge in [0.15, 0.2) is 0 Å². The summed E-state index contributed by atoms with van der Waals surface area (Å²) in [5, 5.41) is 12.9. The summed E-state index contributed by atoms with van der Waals surface area (Å²) in [6.07, 6.45) is 1.18. The molecule has 2 atom stereocenters. The van der Waals surface area contributed by atoms with E-state index >= 15 is 0 Å². The third-order valence-corrected chi connectivity index (χ3v) is 3.05. The maximum Gasteiger partial charge on any atom is 0.0955 e. The van der Waals surface area contributed by atoms with Crippen molar-refractivity contribution in [2.24, 2.45) is 12.8 Å². The Balaban J connectivity index is 2.40. The van der Waals surface area contributed by atoms with Crippen LogP contribution in [0.3, 0.4) is 0 Å². The molecule has 0 saturated carbocycles. The number of nitrogens with zero attached hydrogens (tertiary/aromatic N) is 2. The highest BCUT2D eigenvalue weighted by molar-refractivity contribution is 5.76. The van der Waals surface area contributed by atoms with Gasteiger partial charge in [-0.05, 0) is 24.7 Å². The summed E-state index contributed by atoms with van der Waals surface area (Å²) in [4.78, 5) is 4.30. The van der Waals surface area contributed by atoms with Crippen LogP contribution in [0.1, 0.15) is 11.6 Å². The number of benzene rings is 1. The number of nitrogens with two attached hydrogens (primary N) is 1. The summed E-state index contributed by atoms with van der Waals surface area (Å²) in [6.45, 7) is 0.228. The fourth-order valence-electron chi connectivity index (χ4n) is 2.06. The van der Waals surface area contributed by atoms with E-state index in [-0.39, 0.29) is 12.6 Å². The predicted molar refractivity (Wildman–Crippen MR) is 67.6 cm³/mol. The minimum atomic E-state index is -0.596. The quantitative estimate of drug-likeness (QED) is 0.704. The molecular formula is C12H18N4O. The first-order chi connectivity index (χ1) is 8.17. The maximum absolute atomic E-state index is 9.84. The maximum atomic E-state index is 9.84. The van der Waals surface area contributed by atoms with Gasteiger partial charge in [-0.15, -0.1) is 0 Å². The Labute approximate surface area is 100 Å². The van der Waals surface area contributed by atoms with Crippen molar-refractivity contribution in [1.82, 2.24) is 14.9 Å². The minimum Gasteiger partial charge on any atom is -0.390 e. The van der Waals surface area contributed by atoms with Gasteiger partial charge in [-0.2, -0.15) is 0 Å². The molecule has 2 rings (SSSR count). The second kappa shape index (κ2) is 4.83. The molecule has 4 N–H and O–H groups in total. The summed E-state index contributed by atoms with van der Waals surface area (Å²) < 4.78 is 1.97. The third kappa shape index (κ3) is 2.17. The molecule has 92 valence electrons. The van der Waals surface area contributed by atoms with Gasteiger partial charge in [-0.25, -0.2) is 4.98 Å². The highest BCUT2D eigenvalue weighted by Crippen LogP contribution is 2.21. The lowest BCUT2D eigenvalue weighted by Gasteiger charge is -2.21. The molecule has 2 aromatic rings. The normalized spacial score (nSPS) is 15.1. The Morgan fingerprint density at radius 2 is 2.29 bits per heavy atom. The number of hydrogen-bond acceptors (Lipinski definition) is 4. The van der Waals surface area contributed by atoms with Crippen LogP contribution in [0.25, 0.3) is 11.0 Å². The Morgan fingerprint density at radius 1 is 1.53 bits per heavy atom. The predicted octanol–water partition coefficient (Wildman–Crippen LogP) is 0.153. The lowest BCUT2D eigenvalue weighted by molar-refractivity contribution is 0.139. The van der Waals surface area contributed by atoms with E-state index in [1.165, 1.54) is 0 Å². The van der Waals surface area contributed by atoms with E-state index in [2.05, 4.69) is 10.3 Å². The van der Waals surface area contributed by atoms with Gasteiger partial charge in [0, 0.05) is 13.6 Å². The number of aryl methyl sites for hydroxylation is 1. The molecule has 0 fully saturated rings. The number of imidazole rings is 1. The molecule has 0 aliphatic heterocycles. The summed E-state index contributed by atoms with van der Waals surface area (Å²) in [6, 6.07) is 5.82. The van der Waals surface area contributed by atoms with Crippen LogP contribution >= 0.6 is 0 Å². The van der Waals surface area contributed by atoms with Crippen molar-refractivity contribution in [3.8, 4) is 0 Å². The second-order valence-electron chi connectivity index (χ2n) is 4.17. The Morgan fingerprint density at radius 3 is 2.94 bits per heavy atom. The summed E-state index contributed by atoms with van der Waals surface area (Å²) >= 11 is 0. The first-order valence-corrected chi connectivity index (χ1v) is 5.63. The molecule has 5 nitrogen and oxygen atoms in total. The third-order valence-electron chi connectivity index (χ3n) is 3.05. The smallest absolute Gasteiger partial charge is 0.0955 e. The van der Waals surface area contributed by atoms with Crippen molar-refractivity contribution in [3.05, 3.63) is 30.1 Å². The van der Waals surface area contributed by atoms with E-state index in [9.17, 15) is 5.11 Å². The van der Waals surface area contributed by atoms with Crippen LogP contribution in [0.4, 0.5) is 0 Å². The molecule has 0 aliphatic rings. The van der Waals surface area contributed by atoms with E-state index in [1.54, 1.807) is 6.33 Å². The Kier molecular flexibility index (Phi) is 3.42. The molecule has 2 unspecified atom stereocenters. The van der Waals surface area contributed by atoms with Crippen molar-refractivity contribution in [2.75, 3.05) is 13.6 Å². The van der Waals surface area contributed by atoms with Crippen LogP contribution < -0.4 is 11.1 Å². The van der Waals surface area contributed by atoms with E-state index in [4.69, 9.17) is 5.73 Å². The molecule has 1 aromatic carbocycles. The van der Waals surface area contributed by atoms with Crippen LogP contribution in [0, 0.1) is 0 Å². The second-order valence-corrected chi connectivity index (χ2v) is 4.17. The zero-order valence-electron chi connectivity index (χ0n) is 10.1. The molecular weight excluding hydrogens is 216 g/mol. The zero-order chi connectivity index (χ0) is 12.4. The van der Waals surface area contributed by atoms with Gasteiger partial charge >= 0.3 is 0 Å². The van der Waals surface area contributed by atoms with E-state index in [0.717, 1.165) is 16.6 Å². The number of fused-ring (bicyclic) bond motifs is 1. The molecule has 1 aromatic heterocycles. The van der Waals surface area contributed by atoms with E-state index in [1.807, 2.05) is 36.9 Å². The van der Waals surface area contributed by atoms with Crippen LogP contribution in [0.15, 0.2) is 24.5 Å². The van der Waals surface area contributed by atoms with Gasteiger partial charge in [0.25, 0.3) is 0 Å². The number of nitrogens with one attached hydrogen (secondary N) is 1. The van der Waals surface area contributed by atoms with Crippen molar-refractivity contribution in [1.29, 1.82) is 0 Å². The van der Waals surface area contributed by atoms with E-state index < -0.39 is 6.10 Å². The molecule has 5 heteroatoms. The SMILES string of the molecule is CNC(c1ccc2c(c1)ncn2C)C(O)CN. The molecule has 1 heterocycles. The van der Waals surface area contributed by atoms with Gasteiger partial charge in [0.05, 0.1) is 29.5 Å². The molecule has 0 spiro atoms. The number of aliphatic hydroxyl groups excluding tert-OH is 1. The van der Waals surface area contributed by atoms with Crippen molar-refractivity contribution >= 4 is 11.0 Å². The number of aliphatic hydroxyl groups is 1. The fraction of sp³-hybridized carbons (Fsp3) is 0.417. The number of likely N-dealkylation sites (N-methyl/N-ethyl adjacent to an activating group) is 1. The highest BCUT2D eigenvalue weighted by atomic mass is 16.3. The molecule has 0 amide bonds. The zero-order valence-corrected chi connectivity index (χ0v) is 10.1. The summed E-state index contributed by atoms with van der Waals surface area (Å²) in [5.41, 5.74) is 8.49. The van der Waals surface area contributed by atoms with Crippen molar-refractivity contribution < 1.29 is 5.11 Å². The Hall–Kier alpha value is -1.43. The standard InChI is InChI=1S/C12H18N4O/c1-14-12(11(17)6-13)8-3-4-10-9(5-8)15-7-16(10)2/h3-5,7,11-12,14,17H,6,13H2,1-2H3. The number of rotatable bonds is 4. The molecule has 0 saturated heterocycles. The average Bonchev–Trinajstić information content (AvgIpc) is 2.71. The first kappa shape index (κ1) is 12.0. The van der Waals surface area contributed by atoms with Gasteiger partial charge in [-0.1, -0.05) is 6.07 Å². The summed E-state index contributed by atoms with van der Waals surface area (Å²) in [7, 11) is 3.77. The lowest BCUT2D eigenvalue weighted by atomic mass is 10.0. The van der Waals surface area contributed by atoms with Gasteiger partial charge in [0.2, 0.25) is 0 Å². The van der Waals surface area contributed by atoms with Crippen LogP contribution in [-0.2, 0) is 7.05 Å². The fourth-order valence-corrected chi connectivity index (χ4v) is 2.06. The molecule has 17 heavy (non-hydrogen) atoms. The van der Waals surface area contributed by atoms with Crippen LogP contribution in [-0.4, -0.2) is 34.4 Å². The molecule has 0 bridgehead atoms. The van der Waals surface area contributed by atoms with Crippen LogP contribution in [0.5, 0.6) is 0 Å². The largest absolute Gasteiger partial charge is 0.390 e. The molecule has 0 aliphatic carbocycles. The lowest BCUT2D eigenvalue weighted by Crippen LogP contribution is -2.34. The van der Waals surface area contributed by atoms with Gasteiger partial charge < -0.3 is 20.7 Å². The number of hydrogen-bond donors (Lipinski definition) is 3. The Bertz CT molecular complexity index is 508. The number of aromatic nitrogens is 2. The topological polar surface area (TPSA) is 76.1 Å².